The zero-order valence-electron chi connectivity index (χ0n) is 61.2. The molecule has 0 saturated carbocycles. The molecule has 0 amide bonds. The first-order valence-corrected chi connectivity index (χ1v) is 37.9. The standard InChI is InChI=1S/C86H139NO8/c1-6-8-10-12-14-16-18-20-22-24-26-28-30-32-34-36-38-39-40-41-42-43-44-45-47-48-50-52-54-56-58-60-62-64-66-68-70-72-74-76-83(88)93-80-82(81-94-86(85(90)91)92-79-78-87(3,4)5)95-84(89)77-75-73-71-69-67-65-63-61-59-57-55-53-51-49-46-37-35-33-31-29-27-25-23-21-19-17-15-13-11-9-7-2/h8-11,14-17,20-23,26-29,32-35,38-39,46,49,53,55,59,61,65,67,82,86H,6-7,12-13,18-19,24-25,30-31,36-37,40-45,47-48,50-52,54,56-58,60,62-64,66,68-81H2,1-5H3/b10-8-,11-9-,16-14-,17-15-,22-20-,23-21-,28-26-,29-27-,34-32-,35-33-,39-38-,49-46-,55-53-,61-59-,67-65-. The van der Waals surface area contributed by atoms with Crippen molar-refractivity contribution >= 4 is 17.9 Å². The Bertz CT molecular complexity index is 2220. The normalized spacial score (nSPS) is 13.7. The number of likely N-dealkylation sites (N-methyl/N-ethyl adjacent to an activating group) is 1. The van der Waals surface area contributed by atoms with Crippen LogP contribution < -0.4 is 5.11 Å². The second-order valence-electron chi connectivity index (χ2n) is 25.8. The Hall–Kier alpha value is -5.61. The Labute approximate surface area is 583 Å². The summed E-state index contributed by atoms with van der Waals surface area (Å²) >= 11 is 0. The molecule has 0 radical (unpaired) electrons. The van der Waals surface area contributed by atoms with Gasteiger partial charge in [-0.25, -0.2) is 0 Å². The van der Waals surface area contributed by atoms with E-state index in [4.69, 9.17) is 18.9 Å². The van der Waals surface area contributed by atoms with Crippen LogP contribution in [0.25, 0.3) is 0 Å². The maximum absolute atomic E-state index is 12.9. The molecule has 2 unspecified atom stereocenters. The molecule has 0 aromatic rings. The van der Waals surface area contributed by atoms with E-state index >= 15 is 0 Å². The number of carboxylic acid groups (broad SMARTS) is 1. The van der Waals surface area contributed by atoms with Gasteiger partial charge in [-0.15, -0.1) is 0 Å². The predicted molar refractivity (Wildman–Crippen MR) is 407 cm³/mol. The smallest absolute Gasteiger partial charge is 0.306 e. The Balaban J connectivity index is 4.14. The van der Waals surface area contributed by atoms with Gasteiger partial charge in [0.2, 0.25) is 0 Å². The predicted octanol–water partition coefficient (Wildman–Crippen LogP) is 23.0. The number of unbranched alkanes of at least 4 members (excludes halogenated alkanes) is 23. The highest BCUT2D eigenvalue weighted by Crippen LogP contribution is 2.17. The minimum atomic E-state index is -1.64. The number of esters is 2. The second-order valence-corrected chi connectivity index (χ2v) is 25.8. The van der Waals surface area contributed by atoms with Crippen LogP contribution in [-0.2, 0) is 33.3 Å². The summed E-state index contributed by atoms with van der Waals surface area (Å²) in [6.45, 7) is 4.48. The summed E-state index contributed by atoms with van der Waals surface area (Å²) in [6, 6.07) is 0. The molecule has 0 N–H and O–H groups in total. The topological polar surface area (TPSA) is 111 Å². The number of carboxylic acids is 1. The minimum Gasteiger partial charge on any atom is -0.545 e. The van der Waals surface area contributed by atoms with Crippen LogP contribution in [-0.4, -0.2) is 82.3 Å². The molecule has 0 aliphatic carbocycles. The van der Waals surface area contributed by atoms with Crippen LogP contribution >= 0.6 is 0 Å². The van der Waals surface area contributed by atoms with E-state index in [1.165, 1.54) is 116 Å². The first kappa shape index (κ1) is 89.4. The molecule has 0 bridgehead atoms. The molecule has 0 spiro atoms. The van der Waals surface area contributed by atoms with Gasteiger partial charge in [0.15, 0.2) is 12.4 Å². The fraction of sp³-hybridized carbons (Fsp3) is 0.616. The summed E-state index contributed by atoms with van der Waals surface area (Å²) in [5.74, 6) is -2.34. The van der Waals surface area contributed by atoms with Crippen molar-refractivity contribution in [2.24, 2.45) is 0 Å². The molecule has 0 fully saturated rings. The number of quaternary nitrogens is 1. The number of carbonyl (C=O) groups excluding carboxylic acids is 3. The molecular weight excluding hydrogens is 1170 g/mol. The molecule has 9 nitrogen and oxygen atoms in total. The number of nitrogens with zero attached hydrogens (tertiary/aromatic N) is 1. The van der Waals surface area contributed by atoms with Gasteiger partial charge < -0.3 is 33.3 Å². The van der Waals surface area contributed by atoms with Crippen LogP contribution in [0, 0.1) is 0 Å². The van der Waals surface area contributed by atoms with Crippen LogP contribution in [0.5, 0.6) is 0 Å². The van der Waals surface area contributed by atoms with Crippen LogP contribution in [0.2, 0.25) is 0 Å². The van der Waals surface area contributed by atoms with Gasteiger partial charge in [0.05, 0.1) is 40.3 Å². The lowest BCUT2D eigenvalue weighted by Crippen LogP contribution is -2.44. The van der Waals surface area contributed by atoms with Gasteiger partial charge >= 0.3 is 11.9 Å². The molecule has 0 aromatic heterocycles. The van der Waals surface area contributed by atoms with Crippen molar-refractivity contribution in [1.82, 2.24) is 0 Å². The third kappa shape index (κ3) is 75.6. The molecule has 9 heteroatoms. The van der Waals surface area contributed by atoms with E-state index in [0.717, 1.165) is 135 Å². The molecular formula is C86H139NO8. The molecule has 95 heavy (non-hydrogen) atoms. The van der Waals surface area contributed by atoms with E-state index in [2.05, 4.69) is 196 Å². The molecule has 0 aliphatic heterocycles. The number of aliphatic carboxylic acids is 1. The fourth-order valence-electron chi connectivity index (χ4n) is 9.95. The van der Waals surface area contributed by atoms with Crippen molar-refractivity contribution in [1.29, 1.82) is 0 Å². The van der Waals surface area contributed by atoms with Crippen molar-refractivity contribution in [2.45, 2.75) is 296 Å². The van der Waals surface area contributed by atoms with Crippen LogP contribution in [0.15, 0.2) is 182 Å². The van der Waals surface area contributed by atoms with E-state index in [1.54, 1.807) is 0 Å². The van der Waals surface area contributed by atoms with Gasteiger partial charge in [0.25, 0.3) is 0 Å². The Morgan fingerprint density at radius 2 is 0.568 bits per heavy atom. The zero-order chi connectivity index (χ0) is 69.0. The number of carbonyl (C=O) groups is 3. The maximum Gasteiger partial charge on any atom is 0.306 e. The molecule has 0 heterocycles. The average Bonchev–Trinajstić information content (AvgIpc) is 3.24. The summed E-state index contributed by atoms with van der Waals surface area (Å²) < 4.78 is 22.8. The Morgan fingerprint density at radius 1 is 0.316 bits per heavy atom. The molecule has 0 aromatic carbocycles. The monoisotopic (exact) mass is 1310 g/mol. The van der Waals surface area contributed by atoms with Gasteiger partial charge in [-0.3, -0.25) is 9.59 Å². The summed E-state index contributed by atoms with van der Waals surface area (Å²) in [6.07, 6.45) is 110. The highest BCUT2D eigenvalue weighted by molar-refractivity contribution is 5.70. The highest BCUT2D eigenvalue weighted by Gasteiger charge is 2.22. The molecule has 536 valence electrons. The summed E-state index contributed by atoms with van der Waals surface area (Å²) in [5, 5.41) is 11.8. The number of hydrogen-bond donors (Lipinski definition) is 0. The van der Waals surface area contributed by atoms with Crippen molar-refractivity contribution < 1.29 is 42.9 Å². The molecule has 0 saturated heterocycles. The average molecular weight is 1320 g/mol. The fourth-order valence-corrected chi connectivity index (χ4v) is 9.95. The summed E-state index contributed by atoms with van der Waals surface area (Å²) in [5.41, 5.74) is 0. The molecule has 0 aliphatic rings. The maximum atomic E-state index is 12.9. The quantitative estimate of drug-likeness (QED) is 0.0195. The van der Waals surface area contributed by atoms with E-state index in [-0.39, 0.29) is 38.6 Å². The number of allylic oxidation sites excluding steroid dienone is 30. The van der Waals surface area contributed by atoms with Gasteiger partial charge in [0, 0.05) is 12.8 Å². The number of rotatable bonds is 68. The van der Waals surface area contributed by atoms with Gasteiger partial charge in [0.1, 0.15) is 13.2 Å². The van der Waals surface area contributed by atoms with Crippen molar-refractivity contribution in [3.05, 3.63) is 182 Å². The third-order valence-corrected chi connectivity index (χ3v) is 15.6. The van der Waals surface area contributed by atoms with E-state index < -0.39 is 24.3 Å². The lowest BCUT2D eigenvalue weighted by atomic mass is 10.0. The SMILES string of the molecule is CC/C=C\C/C=C\C/C=C\C/C=C\C/C=C\C/C=C\C/C=C\C/C=C\C/C=C\CCCCCC(=O)OC(COC(=O)CCCCCCCCCCCCCCCCCCCCCC/C=C\C/C=C\C/C=C\C/C=C\C/C=C\C/C=C\CC)COC(OCC[N+](C)(C)C)C(=O)[O-]. The third-order valence-electron chi connectivity index (χ3n) is 15.6. The minimum absolute atomic E-state index is 0.133. The van der Waals surface area contributed by atoms with Crippen LogP contribution in [0.1, 0.15) is 284 Å². The van der Waals surface area contributed by atoms with Crippen molar-refractivity contribution in [3.8, 4) is 0 Å². The number of hydrogen-bond acceptors (Lipinski definition) is 8. The zero-order valence-corrected chi connectivity index (χ0v) is 61.2. The van der Waals surface area contributed by atoms with Gasteiger partial charge in [-0.1, -0.05) is 318 Å². The summed E-state index contributed by atoms with van der Waals surface area (Å²) in [7, 11) is 5.91. The van der Waals surface area contributed by atoms with Gasteiger partial charge in [-0.2, -0.15) is 0 Å². The Morgan fingerprint density at radius 3 is 0.853 bits per heavy atom. The van der Waals surface area contributed by atoms with Crippen molar-refractivity contribution in [2.75, 3.05) is 47.5 Å². The first-order valence-electron chi connectivity index (χ1n) is 37.9. The number of ether oxygens (including phenoxy) is 4. The largest absolute Gasteiger partial charge is 0.545 e. The van der Waals surface area contributed by atoms with E-state index in [1.807, 2.05) is 21.1 Å². The van der Waals surface area contributed by atoms with Crippen molar-refractivity contribution in [3.63, 3.8) is 0 Å². The lowest BCUT2D eigenvalue weighted by Gasteiger charge is -2.26. The highest BCUT2D eigenvalue weighted by atomic mass is 16.7. The van der Waals surface area contributed by atoms with Crippen LogP contribution in [0.4, 0.5) is 0 Å². The first-order chi connectivity index (χ1) is 46.6. The van der Waals surface area contributed by atoms with E-state index in [0.29, 0.717) is 17.4 Å². The second kappa shape index (κ2) is 74.2. The molecule has 0 rings (SSSR count). The van der Waals surface area contributed by atoms with Gasteiger partial charge in [-0.05, 0) is 135 Å². The lowest BCUT2D eigenvalue weighted by molar-refractivity contribution is -0.870. The van der Waals surface area contributed by atoms with Crippen LogP contribution in [0.3, 0.4) is 0 Å². The van der Waals surface area contributed by atoms with E-state index in [9.17, 15) is 19.5 Å². The Kier molecular flexibility index (Phi) is 69.8. The summed E-state index contributed by atoms with van der Waals surface area (Å²) in [4.78, 5) is 37.6. The molecule has 2 atom stereocenters.